The quantitative estimate of drug-likeness (QED) is 0.0211. The summed E-state index contributed by atoms with van der Waals surface area (Å²) in [7, 11) is 0. The monoisotopic (exact) mass is 919 g/mol. The summed E-state index contributed by atoms with van der Waals surface area (Å²) in [5.74, 6) is -0.315. The summed E-state index contributed by atoms with van der Waals surface area (Å²) in [5.41, 5.74) is 14.4. The predicted octanol–water partition coefficient (Wildman–Crippen LogP) is 11.4. The van der Waals surface area contributed by atoms with Crippen LogP contribution in [0.5, 0.6) is 11.5 Å². The van der Waals surface area contributed by atoms with Gasteiger partial charge in [-0.15, -0.1) is 13.2 Å². The number of nitrogens with two attached hydrogens (primary N) is 2. The first kappa shape index (κ1) is 53.0. The Bertz CT molecular complexity index is 1860. The average molecular weight is 919 g/mol. The molecule has 2 aliphatic carbocycles. The van der Waals surface area contributed by atoms with Crippen molar-refractivity contribution in [3.63, 3.8) is 0 Å². The Hall–Kier alpha value is -5.00. The zero-order valence-electron chi connectivity index (χ0n) is 39.8. The Morgan fingerprint density at radius 1 is 0.582 bits per heavy atom. The molecule has 5 rings (SSSR count). The molecule has 6 N–H and O–H groups in total. The van der Waals surface area contributed by atoms with E-state index in [0.29, 0.717) is 42.9 Å². The molecule has 2 atom stereocenters. The lowest BCUT2D eigenvalue weighted by Crippen LogP contribution is -2.39. The maximum atomic E-state index is 13.5. The van der Waals surface area contributed by atoms with E-state index in [0.717, 1.165) is 113 Å². The number of allylic oxidation sites excluding steroid dienone is 2. The molecule has 0 spiro atoms. The first-order valence-corrected chi connectivity index (χ1v) is 25.0. The molecule has 0 aliphatic heterocycles. The number of ketones is 2. The van der Waals surface area contributed by atoms with E-state index in [4.69, 9.17) is 30.4 Å². The molecular weight excluding hydrogens is 841 g/mol. The maximum Gasteiger partial charge on any atom is 0.184 e. The van der Waals surface area contributed by atoms with Crippen LogP contribution in [0.2, 0.25) is 0 Å². The van der Waals surface area contributed by atoms with Gasteiger partial charge < -0.3 is 40.6 Å². The highest BCUT2D eigenvalue weighted by molar-refractivity contribution is 6.01. The van der Waals surface area contributed by atoms with Gasteiger partial charge in [-0.1, -0.05) is 80.3 Å². The Kier molecular flexibility index (Phi) is 23.5. The van der Waals surface area contributed by atoms with Gasteiger partial charge in [-0.3, -0.25) is 9.59 Å². The summed E-state index contributed by atoms with van der Waals surface area (Å²) in [5, 5.41) is 22.9. The average Bonchev–Trinajstić information content (AvgIpc) is 3.35. The number of aliphatic hydroxyl groups is 2. The minimum absolute atomic E-state index is 0.146. The standard InChI is InChI=1S/C57H78N2O8/c1-3-5-7-9-11-13-37-64-47-30-19-44(20-31-47)40-66-49-26-15-42(16-27-49)23-35-53(60)56(62)55(51-34-25-46(58)39-52(51)59)57(63)54(61)36-24-43-17-28-50(29-18-43)67-41-45-21-32-48(33-22-45)65-38-14-12-10-8-6-4-2/h3-4,15-18,23-29,34-36,39,44-45,47-48,55-57,62-63H,1-2,5-14,19-22,30-33,37-38,40-41,58-59H2/b35-23+,36-24+. The van der Waals surface area contributed by atoms with Crippen LogP contribution < -0.4 is 20.9 Å². The highest BCUT2D eigenvalue weighted by atomic mass is 16.5. The summed E-state index contributed by atoms with van der Waals surface area (Å²) in [6.45, 7) is 10.5. The fourth-order valence-corrected chi connectivity index (χ4v) is 9.01. The fourth-order valence-electron chi connectivity index (χ4n) is 9.01. The molecule has 0 aromatic heterocycles. The lowest BCUT2D eigenvalue weighted by molar-refractivity contribution is -0.130. The van der Waals surface area contributed by atoms with Crippen molar-refractivity contribution in [1.29, 1.82) is 0 Å². The number of unbranched alkanes of at least 4 members (excludes halogenated alkanes) is 8. The van der Waals surface area contributed by atoms with Crippen LogP contribution in [0.1, 0.15) is 138 Å². The van der Waals surface area contributed by atoms with Gasteiger partial charge in [-0.2, -0.15) is 0 Å². The summed E-state index contributed by atoms with van der Waals surface area (Å²) in [4.78, 5) is 27.0. The van der Waals surface area contributed by atoms with Gasteiger partial charge in [0.2, 0.25) is 0 Å². The third kappa shape index (κ3) is 18.9. The molecule has 0 amide bonds. The Labute approximate surface area is 400 Å². The summed E-state index contributed by atoms with van der Waals surface area (Å²) in [6, 6.07) is 19.3. The minimum atomic E-state index is -1.79. The molecule has 364 valence electrons. The molecule has 0 bridgehead atoms. The van der Waals surface area contributed by atoms with Gasteiger partial charge in [0.25, 0.3) is 0 Å². The zero-order valence-corrected chi connectivity index (χ0v) is 39.8. The molecule has 0 radical (unpaired) electrons. The van der Waals surface area contributed by atoms with Crippen LogP contribution in [-0.2, 0) is 19.1 Å². The Morgan fingerprint density at radius 2 is 1.00 bits per heavy atom. The summed E-state index contributed by atoms with van der Waals surface area (Å²) >= 11 is 0. The third-order valence-electron chi connectivity index (χ3n) is 13.2. The second-order valence-electron chi connectivity index (χ2n) is 18.5. The van der Waals surface area contributed by atoms with E-state index in [2.05, 4.69) is 13.2 Å². The third-order valence-corrected chi connectivity index (χ3v) is 13.2. The van der Waals surface area contributed by atoms with E-state index in [1.54, 1.807) is 18.2 Å². The number of hydrogen-bond acceptors (Lipinski definition) is 10. The van der Waals surface area contributed by atoms with Gasteiger partial charge in [-0.25, -0.2) is 0 Å². The highest BCUT2D eigenvalue weighted by Gasteiger charge is 2.37. The molecule has 3 aromatic rings. The predicted molar refractivity (Wildman–Crippen MR) is 272 cm³/mol. The smallest absolute Gasteiger partial charge is 0.184 e. The lowest BCUT2D eigenvalue weighted by atomic mass is 9.83. The molecule has 0 saturated heterocycles. The van der Waals surface area contributed by atoms with Crippen LogP contribution in [0.25, 0.3) is 12.2 Å². The van der Waals surface area contributed by atoms with E-state index >= 15 is 0 Å². The second kappa shape index (κ2) is 29.7. The summed E-state index contributed by atoms with van der Waals surface area (Å²) in [6.07, 6.45) is 27.0. The Morgan fingerprint density at radius 3 is 1.40 bits per heavy atom. The van der Waals surface area contributed by atoms with Crippen LogP contribution in [-0.4, -0.2) is 72.6 Å². The van der Waals surface area contributed by atoms with Crippen molar-refractivity contribution in [2.45, 2.75) is 146 Å². The largest absolute Gasteiger partial charge is 0.493 e. The maximum absolute atomic E-state index is 13.5. The van der Waals surface area contributed by atoms with Crippen LogP contribution in [0.3, 0.4) is 0 Å². The van der Waals surface area contributed by atoms with E-state index in [1.807, 2.05) is 60.7 Å². The molecule has 2 fully saturated rings. The number of carbonyl (C=O) groups excluding carboxylic acids is 2. The van der Waals surface area contributed by atoms with Gasteiger partial charge in [0.1, 0.15) is 23.7 Å². The minimum Gasteiger partial charge on any atom is -0.493 e. The van der Waals surface area contributed by atoms with Crippen molar-refractivity contribution in [3.05, 3.63) is 121 Å². The molecule has 10 heteroatoms. The van der Waals surface area contributed by atoms with Crippen LogP contribution in [0, 0.1) is 11.8 Å². The molecule has 2 aliphatic rings. The highest BCUT2D eigenvalue weighted by Crippen LogP contribution is 2.33. The van der Waals surface area contributed by atoms with Crippen LogP contribution >= 0.6 is 0 Å². The molecular formula is C57H78N2O8. The normalized spacial score (nSPS) is 20.0. The van der Waals surface area contributed by atoms with Crippen molar-refractivity contribution in [2.24, 2.45) is 11.8 Å². The fraction of sp³-hybridized carbons (Fsp3) is 0.509. The number of carbonyl (C=O) groups is 2. The van der Waals surface area contributed by atoms with Crippen molar-refractivity contribution in [2.75, 3.05) is 37.9 Å². The molecule has 2 saturated carbocycles. The first-order valence-electron chi connectivity index (χ1n) is 25.0. The van der Waals surface area contributed by atoms with Gasteiger partial charge in [0.15, 0.2) is 11.6 Å². The first-order chi connectivity index (χ1) is 32.6. The molecule has 10 nitrogen and oxygen atoms in total. The van der Waals surface area contributed by atoms with E-state index < -0.39 is 29.7 Å². The number of benzene rings is 3. The number of hydrogen-bond donors (Lipinski definition) is 4. The number of nitrogen functional groups attached to an aromatic ring is 2. The number of anilines is 2. The van der Waals surface area contributed by atoms with Crippen molar-refractivity contribution in [1.82, 2.24) is 0 Å². The topological polar surface area (TPSA) is 164 Å². The van der Waals surface area contributed by atoms with Gasteiger partial charge in [0.05, 0.1) is 31.3 Å². The zero-order chi connectivity index (χ0) is 47.6. The van der Waals surface area contributed by atoms with E-state index in [1.165, 1.54) is 62.8 Å². The Balaban J connectivity index is 1.06. The van der Waals surface area contributed by atoms with E-state index in [9.17, 15) is 19.8 Å². The van der Waals surface area contributed by atoms with Crippen molar-refractivity contribution >= 4 is 35.1 Å². The van der Waals surface area contributed by atoms with Gasteiger partial charge in [0, 0.05) is 24.6 Å². The van der Waals surface area contributed by atoms with E-state index in [-0.39, 0.29) is 11.3 Å². The van der Waals surface area contributed by atoms with Crippen LogP contribution in [0.15, 0.2) is 104 Å². The lowest BCUT2D eigenvalue weighted by Gasteiger charge is -2.28. The molecule has 2 unspecified atom stereocenters. The van der Waals surface area contributed by atoms with Crippen molar-refractivity contribution < 1.29 is 38.7 Å². The number of ether oxygens (including phenoxy) is 4. The summed E-state index contributed by atoms with van der Waals surface area (Å²) < 4.78 is 24.5. The van der Waals surface area contributed by atoms with Crippen molar-refractivity contribution in [3.8, 4) is 11.5 Å². The number of aliphatic hydroxyl groups excluding tert-OH is 2. The SMILES string of the molecule is C=CCCCCCCOC1CCC(COc2ccc(/C=C/C(=O)C(O)C(c3ccc(N)cc3N)C(O)C(=O)/C=C/c3ccc(OCC4CCC(OCCCCCCC=C)CC4)cc3)cc2)CC1. The van der Waals surface area contributed by atoms with Gasteiger partial charge in [-0.05, 0) is 167 Å². The van der Waals surface area contributed by atoms with Gasteiger partial charge >= 0.3 is 0 Å². The van der Waals surface area contributed by atoms with Crippen LogP contribution in [0.4, 0.5) is 11.4 Å². The second-order valence-corrected chi connectivity index (χ2v) is 18.5. The molecule has 67 heavy (non-hydrogen) atoms. The number of rotatable bonds is 31. The molecule has 3 aromatic carbocycles. The molecule has 0 heterocycles.